The van der Waals surface area contributed by atoms with Gasteiger partial charge in [-0.1, -0.05) is 230 Å². The van der Waals surface area contributed by atoms with Crippen LogP contribution in [0.1, 0.15) is 22.3 Å². The lowest BCUT2D eigenvalue weighted by molar-refractivity contribution is 1.29. The first-order valence-corrected chi connectivity index (χ1v) is 33.9. The molecular weight excluding hydrogens is 949 g/mol. The van der Waals surface area contributed by atoms with Crippen LogP contribution in [0.4, 0.5) is 34.1 Å². The van der Waals surface area contributed by atoms with Gasteiger partial charge in [0.1, 0.15) is 0 Å². The number of hydrogen-bond donors (Lipinski definition) is 0. The first kappa shape index (κ1) is 50.1. The molecule has 76 heavy (non-hydrogen) atoms. The van der Waals surface area contributed by atoms with E-state index in [0.717, 1.165) is 34.1 Å². The molecule has 0 radical (unpaired) electrons. The van der Waals surface area contributed by atoms with E-state index in [1.165, 1.54) is 98.7 Å². The molecule has 0 aliphatic heterocycles. The highest BCUT2D eigenvalue weighted by Crippen LogP contribution is 2.49. The lowest BCUT2D eigenvalue weighted by Gasteiger charge is -2.29. The highest BCUT2D eigenvalue weighted by Gasteiger charge is 2.25. The third-order valence-corrected chi connectivity index (χ3v) is 19.2. The van der Waals surface area contributed by atoms with E-state index in [9.17, 15) is 0 Å². The number of hydrogen-bond acceptors (Lipinski definition) is 2. The maximum absolute atomic E-state index is 2.47. The van der Waals surface area contributed by atoms with Crippen molar-refractivity contribution in [3.05, 3.63) is 253 Å². The van der Waals surface area contributed by atoms with Crippen molar-refractivity contribution in [2.24, 2.45) is 0 Å². The Morgan fingerprint density at radius 1 is 0.237 bits per heavy atom. The third kappa shape index (κ3) is 10.1. The number of rotatable bonds is 12. The van der Waals surface area contributed by atoms with Crippen LogP contribution in [-0.2, 0) is 0 Å². The minimum absolute atomic E-state index is 1.11. The average molecular weight is 1020 g/mol. The lowest BCUT2D eigenvalue weighted by atomic mass is 9.84. The molecule has 4 heteroatoms. The Morgan fingerprint density at radius 2 is 0.513 bits per heavy atom. The van der Waals surface area contributed by atoms with Crippen LogP contribution in [0.5, 0.6) is 0 Å². The van der Waals surface area contributed by atoms with Gasteiger partial charge in [0, 0.05) is 34.1 Å². The zero-order chi connectivity index (χ0) is 52.9. The Bertz CT molecular complexity index is 3590. The molecule has 0 aromatic heterocycles. The Hall–Kier alpha value is -8.03. The van der Waals surface area contributed by atoms with Gasteiger partial charge in [0.2, 0.25) is 0 Å². The Balaban J connectivity index is 1.19. The summed E-state index contributed by atoms with van der Waals surface area (Å²) in [7, 11) is -3.11. The number of benzene rings is 11. The monoisotopic (exact) mass is 1020 g/mol. The van der Waals surface area contributed by atoms with Gasteiger partial charge < -0.3 is 9.80 Å². The fourth-order valence-corrected chi connectivity index (χ4v) is 13.7. The smallest absolute Gasteiger partial charge is 0.0775 e. The normalized spacial score (nSPS) is 11.8. The summed E-state index contributed by atoms with van der Waals surface area (Å²) < 4.78 is 0. The van der Waals surface area contributed by atoms with E-state index in [4.69, 9.17) is 0 Å². The maximum Gasteiger partial charge on any atom is 0.0775 e. The van der Waals surface area contributed by atoms with Gasteiger partial charge in [-0.2, -0.15) is 0 Å². The van der Waals surface area contributed by atoms with Gasteiger partial charge in [-0.15, -0.1) is 0 Å². The summed E-state index contributed by atoms with van der Waals surface area (Å²) in [5.41, 5.74) is 21.4. The number of nitrogens with zero attached hydrogens (tertiary/aromatic N) is 2. The van der Waals surface area contributed by atoms with Gasteiger partial charge in [-0.25, -0.2) is 0 Å². The molecule has 0 spiro atoms. The van der Waals surface area contributed by atoms with Crippen molar-refractivity contribution in [3.8, 4) is 44.5 Å². The molecule has 2 nitrogen and oxygen atoms in total. The summed E-state index contributed by atoms with van der Waals surface area (Å²) in [6, 6.07) is 86.9. The summed E-state index contributed by atoms with van der Waals surface area (Å²) in [6.07, 6.45) is 0. The van der Waals surface area contributed by atoms with E-state index < -0.39 is 16.1 Å². The van der Waals surface area contributed by atoms with Crippen molar-refractivity contribution in [2.75, 3.05) is 9.80 Å². The average Bonchev–Trinajstić information content (AvgIpc) is 3.41. The number of anilines is 6. The SMILES string of the molecule is Cc1cc(C)cc(-c2c3ccc(N(c4ccc(-c5ccccc5)cc4)c4ccc([Si](C)(C)C)cc4)cc3c(-c3cc(C)cc(C)c3)c3ccc(N(c4ccc(-c5ccccc5)cc4)c4ccc([Si](C)(C)C)cc4)cc23)c1. The molecule has 0 saturated carbocycles. The fourth-order valence-electron chi connectivity index (χ4n) is 11.3. The van der Waals surface area contributed by atoms with Crippen molar-refractivity contribution in [3.63, 3.8) is 0 Å². The Labute approximate surface area is 453 Å². The van der Waals surface area contributed by atoms with Crippen LogP contribution in [-0.4, -0.2) is 16.1 Å². The van der Waals surface area contributed by atoms with Gasteiger partial charge in [0.15, 0.2) is 0 Å². The minimum atomic E-state index is -1.55. The molecule has 0 saturated heterocycles. The van der Waals surface area contributed by atoms with E-state index in [2.05, 4.69) is 307 Å². The molecule has 0 bridgehead atoms. The van der Waals surface area contributed by atoms with Crippen LogP contribution in [0.15, 0.2) is 231 Å². The van der Waals surface area contributed by atoms with Gasteiger partial charge in [-0.3, -0.25) is 0 Å². The van der Waals surface area contributed by atoms with Crippen molar-refractivity contribution >= 4 is 82.2 Å². The highest BCUT2D eigenvalue weighted by atomic mass is 28.3. The van der Waals surface area contributed by atoms with Gasteiger partial charge in [0.25, 0.3) is 0 Å². The van der Waals surface area contributed by atoms with E-state index in [1.807, 2.05) is 0 Å². The quantitative estimate of drug-likeness (QED) is 0.0889. The van der Waals surface area contributed by atoms with Crippen LogP contribution in [0, 0.1) is 27.7 Å². The van der Waals surface area contributed by atoms with Crippen LogP contribution < -0.4 is 20.2 Å². The van der Waals surface area contributed by atoms with Crippen LogP contribution in [0.2, 0.25) is 39.3 Å². The Morgan fingerprint density at radius 3 is 0.816 bits per heavy atom. The molecule has 0 N–H and O–H groups in total. The van der Waals surface area contributed by atoms with E-state index in [1.54, 1.807) is 0 Å². The summed E-state index contributed by atoms with van der Waals surface area (Å²) in [5.74, 6) is 0. The zero-order valence-electron chi connectivity index (χ0n) is 45.8. The lowest BCUT2D eigenvalue weighted by Crippen LogP contribution is -2.37. The van der Waals surface area contributed by atoms with Crippen LogP contribution >= 0.6 is 0 Å². The molecule has 0 amide bonds. The molecule has 11 aromatic rings. The van der Waals surface area contributed by atoms with E-state index in [-0.39, 0.29) is 0 Å². The van der Waals surface area contributed by atoms with Gasteiger partial charge >= 0.3 is 0 Å². The molecule has 0 fully saturated rings. The molecule has 0 unspecified atom stereocenters. The molecule has 0 aliphatic carbocycles. The second kappa shape index (κ2) is 20.3. The van der Waals surface area contributed by atoms with E-state index in [0.29, 0.717) is 0 Å². The first-order valence-electron chi connectivity index (χ1n) is 26.9. The Kier molecular flexibility index (Phi) is 13.4. The summed E-state index contributed by atoms with van der Waals surface area (Å²) in [6.45, 7) is 23.5. The molecule has 374 valence electrons. The zero-order valence-corrected chi connectivity index (χ0v) is 47.8. The maximum atomic E-state index is 2.47. The van der Waals surface area contributed by atoms with Crippen molar-refractivity contribution in [2.45, 2.75) is 67.0 Å². The van der Waals surface area contributed by atoms with Crippen LogP contribution in [0.25, 0.3) is 66.1 Å². The number of aryl methyl sites for hydroxylation is 4. The van der Waals surface area contributed by atoms with Gasteiger partial charge in [-0.05, 0) is 167 Å². The second-order valence-electron chi connectivity index (χ2n) is 23.1. The predicted molar refractivity (Wildman–Crippen MR) is 337 cm³/mol. The topological polar surface area (TPSA) is 6.48 Å². The van der Waals surface area contributed by atoms with E-state index >= 15 is 0 Å². The summed E-state index contributed by atoms with van der Waals surface area (Å²) in [4.78, 5) is 4.90. The molecule has 11 aromatic carbocycles. The highest BCUT2D eigenvalue weighted by molar-refractivity contribution is 6.89. The second-order valence-corrected chi connectivity index (χ2v) is 33.2. The number of fused-ring (bicyclic) bond motifs is 2. The summed E-state index contributed by atoms with van der Waals surface area (Å²) in [5, 5.41) is 7.77. The molecule has 0 heterocycles. The standard InChI is InChI=1S/C72H68N2Si2/c1-49-41-50(2)44-57(43-49)71-67-39-33-64(74(62-31-37-66(38-32-62)76(8,9)10)60-27-23-56(24-28-60)54-19-15-12-16-20-54)48-70(67)72(58-45-51(3)42-52(4)46-58)68-40-34-63(47-69(68)71)73(61-29-35-65(36-30-61)75(5,6)7)59-25-21-55(22-26-59)53-17-13-11-14-18-53/h11-48H,1-10H3. The van der Waals surface area contributed by atoms with Crippen LogP contribution in [0.3, 0.4) is 0 Å². The molecule has 11 rings (SSSR count). The van der Waals surface area contributed by atoms with Gasteiger partial charge in [0.05, 0.1) is 16.1 Å². The molecule has 0 aliphatic rings. The van der Waals surface area contributed by atoms with Crippen molar-refractivity contribution in [1.82, 2.24) is 0 Å². The minimum Gasteiger partial charge on any atom is -0.310 e. The molecular formula is C72H68N2Si2. The largest absolute Gasteiger partial charge is 0.310 e. The predicted octanol–water partition coefficient (Wildman–Crippen LogP) is 19.9. The van der Waals surface area contributed by atoms with Crippen molar-refractivity contribution in [1.29, 1.82) is 0 Å². The third-order valence-electron chi connectivity index (χ3n) is 15.1. The molecule has 0 atom stereocenters. The fraction of sp³-hybridized carbons (Fsp3) is 0.139. The summed E-state index contributed by atoms with van der Waals surface area (Å²) >= 11 is 0. The van der Waals surface area contributed by atoms with Crippen molar-refractivity contribution < 1.29 is 0 Å². The first-order chi connectivity index (χ1) is 36.6.